The molecule has 0 aromatic carbocycles. The van der Waals surface area contributed by atoms with Gasteiger partial charge in [0, 0.05) is 12.0 Å². The van der Waals surface area contributed by atoms with E-state index in [0.717, 1.165) is 6.42 Å². The zero-order valence-electron chi connectivity index (χ0n) is 17.0. The molecule has 0 saturated heterocycles. The smallest absolute Gasteiger partial charge is 0.220 e. The second kappa shape index (κ2) is 15.7. The van der Waals surface area contributed by atoms with Crippen LogP contribution >= 0.6 is 0 Å². The zero-order chi connectivity index (χ0) is 18.1. The molecule has 2 heteroatoms. The van der Waals surface area contributed by atoms with Gasteiger partial charge in [-0.25, -0.2) is 0 Å². The van der Waals surface area contributed by atoms with Crippen LogP contribution in [0.5, 0.6) is 0 Å². The van der Waals surface area contributed by atoms with Crippen LogP contribution in [0.3, 0.4) is 0 Å². The van der Waals surface area contributed by atoms with Gasteiger partial charge in [-0.1, -0.05) is 70.4 Å². The maximum Gasteiger partial charge on any atom is 0.220 e. The number of nitrogens with one attached hydrogen (secondary N) is 1. The van der Waals surface area contributed by atoms with Gasteiger partial charge in [-0.15, -0.1) is 0 Å². The molecule has 0 saturated carbocycles. The fourth-order valence-corrected chi connectivity index (χ4v) is 2.84. The van der Waals surface area contributed by atoms with Gasteiger partial charge in [0.2, 0.25) is 5.91 Å². The van der Waals surface area contributed by atoms with Crippen LogP contribution in [0.2, 0.25) is 0 Å². The average molecular weight is 338 g/mol. The van der Waals surface area contributed by atoms with Crippen LogP contribution in [0, 0.1) is 0 Å². The lowest BCUT2D eigenvalue weighted by Crippen LogP contribution is -2.40. The molecular formula is C22H43NO. The Balaban J connectivity index is 3.25. The Kier molecular flexibility index (Phi) is 15.2. The summed E-state index contributed by atoms with van der Waals surface area (Å²) in [6, 6.07) is 0. The monoisotopic (exact) mass is 337 g/mol. The van der Waals surface area contributed by atoms with Gasteiger partial charge in [0.15, 0.2) is 0 Å². The predicted molar refractivity (Wildman–Crippen MR) is 107 cm³/mol. The molecule has 0 aliphatic carbocycles. The van der Waals surface area contributed by atoms with E-state index < -0.39 is 0 Å². The van der Waals surface area contributed by atoms with Crippen LogP contribution in [-0.2, 0) is 4.79 Å². The van der Waals surface area contributed by atoms with Crippen molar-refractivity contribution in [2.24, 2.45) is 0 Å². The number of unbranched alkanes of at least 4 members (excludes halogenated alkanes) is 11. The molecule has 1 amide bonds. The van der Waals surface area contributed by atoms with Crippen molar-refractivity contribution in [3.63, 3.8) is 0 Å². The largest absolute Gasteiger partial charge is 0.352 e. The van der Waals surface area contributed by atoms with E-state index in [2.05, 4.69) is 24.4 Å². The summed E-state index contributed by atoms with van der Waals surface area (Å²) in [5.74, 6) is 0.195. The number of hydrogen-bond acceptors (Lipinski definition) is 1. The molecule has 0 aromatic heterocycles. The van der Waals surface area contributed by atoms with Gasteiger partial charge in [-0.2, -0.15) is 0 Å². The highest BCUT2D eigenvalue weighted by Gasteiger charge is 2.12. The maximum absolute atomic E-state index is 11.7. The Morgan fingerprint density at radius 3 is 1.71 bits per heavy atom. The summed E-state index contributed by atoms with van der Waals surface area (Å²) in [6.07, 6.45) is 22.3. The molecule has 0 radical (unpaired) electrons. The first kappa shape index (κ1) is 23.2. The zero-order valence-corrected chi connectivity index (χ0v) is 17.0. The van der Waals surface area contributed by atoms with Crippen LogP contribution in [0.15, 0.2) is 12.2 Å². The fourth-order valence-electron chi connectivity index (χ4n) is 2.84. The number of carbonyl (C=O) groups excluding carboxylic acids is 1. The van der Waals surface area contributed by atoms with E-state index in [-0.39, 0.29) is 11.4 Å². The molecule has 2 nitrogen and oxygen atoms in total. The Morgan fingerprint density at radius 1 is 0.750 bits per heavy atom. The molecular weight excluding hydrogens is 294 g/mol. The van der Waals surface area contributed by atoms with Gasteiger partial charge in [0.1, 0.15) is 0 Å². The average Bonchev–Trinajstić information content (AvgIpc) is 2.49. The van der Waals surface area contributed by atoms with Crippen molar-refractivity contribution in [2.75, 3.05) is 0 Å². The van der Waals surface area contributed by atoms with Gasteiger partial charge in [-0.3, -0.25) is 4.79 Å². The lowest BCUT2D eigenvalue weighted by atomic mass is 10.1. The van der Waals surface area contributed by atoms with Gasteiger partial charge in [-0.05, 0) is 52.9 Å². The highest BCUT2D eigenvalue weighted by molar-refractivity contribution is 5.76. The van der Waals surface area contributed by atoms with E-state index in [4.69, 9.17) is 0 Å². The second-order valence-corrected chi connectivity index (χ2v) is 8.13. The van der Waals surface area contributed by atoms with Gasteiger partial charge < -0.3 is 5.32 Å². The van der Waals surface area contributed by atoms with Crippen LogP contribution in [0.1, 0.15) is 118 Å². The summed E-state index contributed by atoms with van der Waals surface area (Å²) in [6.45, 7) is 8.37. The first-order valence-electron chi connectivity index (χ1n) is 10.4. The predicted octanol–water partition coefficient (Wildman–Crippen LogP) is 6.94. The summed E-state index contributed by atoms with van der Waals surface area (Å²) < 4.78 is 0. The Hall–Kier alpha value is -0.790. The fraction of sp³-hybridized carbons (Fsp3) is 0.864. The van der Waals surface area contributed by atoms with Crippen molar-refractivity contribution in [3.8, 4) is 0 Å². The van der Waals surface area contributed by atoms with E-state index >= 15 is 0 Å². The second-order valence-electron chi connectivity index (χ2n) is 8.13. The molecule has 1 N–H and O–H groups in total. The minimum Gasteiger partial charge on any atom is -0.352 e. The minimum absolute atomic E-state index is 0.0983. The standard InChI is InChI=1S/C22H43NO/c1-5-6-7-8-9-10-11-12-13-14-15-16-17-18-19-20-21(24)23-22(2,3)4/h12-13H,5-11,14-20H2,1-4H3,(H,23,24)/b13-12-. The number of rotatable bonds is 15. The summed E-state index contributed by atoms with van der Waals surface area (Å²) in [5.41, 5.74) is -0.0983. The first-order chi connectivity index (χ1) is 11.5. The summed E-state index contributed by atoms with van der Waals surface area (Å²) in [4.78, 5) is 11.7. The third-order valence-corrected chi connectivity index (χ3v) is 4.18. The van der Waals surface area contributed by atoms with E-state index in [0.29, 0.717) is 6.42 Å². The topological polar surface area (TPSA) is 29.1 Å². The lowest BCUT2D eigenvalue weighted by molar-refractivity contribution is -0.122. The van der Waals surface area contributed by atoms with Crippen LogP contribution in [0.25, 0.3) is 0 Å². The molecule has 0 spiro atoms. The molecule has 0 heterocycles. The van der Waals surface area contributed by atoms with E-state index in [1.807, 2.05) is 20.8 Å². The Labute approximate surface area is 151 Å². The number of amides is 1. The number of allylic oxidation sites excluding steroid dienone is 2. The highest BCUT2D eigenvalue weighted by Crippen LogP contribution is 2.10. The molecule has 0 bridgehead atoms. The molecule has 0 aromatic rings. The molecule has 0 aliphatic rings. The third-order valence-electron chi connectivity index (χ3n) is 4.18. The third kappa shape index (κ3) is 19.3. The van der Waals surface area contributed by atoms with Gasteiger partial charge in [0.25, 0.3) is 0 Å². The molecule has 24 heavy (non-hydrogen) atoms. The lowest BCUT2D eigenvalue weighted by Gasteiger charge is -2.20. The molecule has 142 valence electrons. The van der Waals surface area contributed by atoms with Crippen molar-refractivity contribution in [3.05, 3.63) is 12.2 Å². The van der Waals surface area contributed by atoms with Crippen molar-refractivity contribution in [2.45, 2.75) is 123 Å². The minimum atomic E-state index is -0.0983. The molecule has 0 fully saturated rings. The van der Waals surface area contributed by atoms with Crippen molar-refractivity contribution >= 4 is 5.91 Å². The normalized spacial score (nSPS) is 12.0. The summed E-state index contributed by atoms with van der Waals surface area (Å²) in [7, 11) is 0. The molecule has 0 unspecified atom stereocenters. The van der Waals surface area contributed by atoms with E-state index in [9.17, 15) is 4.79 Å². The Bertz CT molecular complexity index is 314. The quantitative estimate of drug-likeness (QED) is 0.254. The molecule has 0 atom stereocenters. The highest BCUT2D eigenvalue weighted by atomic mass is 16.1. The van der Waals surface area contributed by atoms with Crippen LogP contribution < -0.4 is 5.32 Å². The van der Waals surface area contributed by atoms with E-state index in [1.54, 1.807) is 0 Å². The SMILES string of the molecule is CCCCCCCC/C=C\CCCCCCCC(=O)NC(C)(C)C. The summed E-state index contributed by atoms with van der Waals surface area (Å²) in [5, 5.41) is 3.02. The first-order valence-corrected chi connectivity index (χ1v) is 10.4. The van der Waals surface area contributed by atoms with Crippen LogP contribution in [0.4, 0.5) is 0 Å². The van der Waals surface area contributed by atoms with E-state index in [1.165, 1.54) is 77.0 Å². The van der Waals surface area contributed by atoms with Crippen molar-refractivity contribution in [1.29, 1.82) is 0 Å². The van der Waals surface area contributed by atoms with Crippen molar-refractivity contribution in [1.82, 2.24) is 5.32 Å². The maximum atomic E-state index is 11.7. The molecule has 0 aliphatic heterocycles. The number of hydrogen-bond donors (Lipinski definition) is 1. The van der Waals surface area contributed by atoms with Gasteiger partial charge >= 0.3 is 0 Å². The molecule has 0 rings (SSSR count). The van der Waals surface area contributed by atoms with Gasteiger partial charge in [0.05, 0.1) is 0 Å². The summed E-state index contributed by atoms with van der Waals surface area (Å²) >= 11 is 0. The van der Waals surface area contributed by atoms with Crippen molar-refractivity contribution < 1.29 is 4.79 Å². The Morgan fingerprint density at radius 2 is 1.21 bits per heavy atom. The van der Waals surface area contributed by atoms with Crippen LogP contribution in [-0.4, -0.2) is 11.4 Å². The number of carbonyl (C=O) groups is 1.